The van der Waals surface area contributed by atoms with E-state index in [0.717, 1.165) is 0 Å². The Morgan fingerprint density at radius 2 is 2.06 bits per heavy atom. The lowest BCUT2D eigenvalue weighted by atomic mass is 9.72. The predicted octanol–water partition coefficient (Wildman–Crippen LogP) is 1.14. The van der Waals surface area contributed by atoms with Crippen molar-refractivity contribution in [2.45, 2.75) is 50.9 Å². The molecule has 1 atom stereocenters. The molecule has 3 fully saturated rings. The van der Waals surface area contributed by atoms with Gasteiger partial charge in [0.15, 0.2) is 5.60 Å². The number of hydrogen-bond donors (Lipinski definition) is 2. The second-order valence-electron chi connectivity index (χ2n) is 6.01. The van der Waals surface area contributed by atoms with Crippen LogP contribution in [0.3, 0.4) is 0 Å². The highest BCUT2D eigenvalue weighted by Crippen LogP contribution is 2.52. The van der Waals surface area contributed by atoms with E-state index in [0.29, 0.717) is 19.4 Å². The van der Waals surface area contributed by atoms with Gasteiger partial charge in [-0.05, 0) is 39.5 Å². The maximum Gasteiger partial charge on any atom is 0.407 e. The van der Waals surface area contributed by atoms with Crippen LogP contribution < -0.4 is 5.32 Å². The lowest BCUT2D eigenvalue weighted by molar-refractivity contribution is -0.163. The Kier molecular flexibility index (Phi) is 3.01. The summed E-state index contributed by atoms with van der Waals surface area (Å²) in [6.07, 6.45) is 0.375. The minimum absolute atomic E-state index is 0.214. The second kappa shape index (κ2) is 4.12. The number of rotatable bonds is 3. The molecule has 2 aliphatic heterocycles. The Morgan fingerprint density at radius 3 is 2.50 bits per heavy atom. The first kappa shape index (κ1) is 13.1. The molecule has 2 saturated heterocycles. The molecule has 2 bridgehead atoms. The van der Waals surface area contributed by atoms with Gasteiger partial charge in [-0.15, -0.1) is 0 Å². The molecule has 6 nitrogen and oxygen atoms in total. The molecule has 0 aromatic heterocycles. The van der Waals surface area contributed by atoms with Crippen molar-refractivity contribution in [2.24, 2.45) is 5.92 Å². The molecular formula is C12H19NO5. The van der Waals surface area contributed by atoms with Crippen LogP contribution in [-0.4, -0.2) is 41.0 Å². The van der Waals surface area contributed by atoms with Crippen LogP contribution in [0.25, 0.3) is 0 Å². The Morgan fingerprint density at radius 1 is 1.44 bits per heavy atom. The summed E-state index contributed by atoms with van der Waals surface area (Å²) in [5.41, 5.74) is -1.53. The number of nitrogens with one attached hydrogen (secondary N) is 1. The van der Waals surface area contributed by atoms with Gasteiger partial charge in [0.25, 0.3) is 0 Å². The topological polar surface area (TPSA) is 84.9 Å². The molecule has 102 valence electrons. The normalized spacial score (nSPS) is 33.7. The SMILES string of the molecule is CC(C)(C)OC(=O)NCC1OC2(C(=O)O)CC1C2. The molecule has 18 heavy (non-hydrogen) atoms. The molecule has 3 rings (SSSR count). The van der Waals surface area contributed by atoms with E-state index in [1.54, 1.807) is 20.8 Å². The number of ether oxygens (including phenoxy) is 2. The summed E-state index contributed by atoms with van der Waals surface area (Å²) in [4.78, 5) is 22.4. The van der Waals surface area contributed by atoms with E-state index in [2.05, 4.69) is 5.32 Å². The van der Waals surface area contributed by atoms with E-state index >= 15 is 0 Å². The van der Waals surface area contributed by atoms with Crippen molar-refractivity contribution in [1.29, 1.82) is 0 Å². The van der Waals surface area contributed by atoms with Gasteiger partial charge in [0, 0.05) is 6.54 Å². The maximum absolute atomic E-state index is 11.4. The van der Waals surface area contributed by atoms with Crippen molar-refractivity contribution in [2.75, 3.05) is 6.54 Å². The van der Waals surface area contributed by atoms with Crippen LogP contribution >= 0.6 is 0 Å². The molecule has 6 heteroatoms. The maximum atomic E-state index is 11.4. The molecule has 2 N–H and O–H groups in total. The molecule has 1 aliphatic carbocycles. The summed E-state index contributed by atoms with van der Waals surface area (Å²) >= 11 is 0. The van der Waals surface area contributed by atoms with Gasteiger partial charge in [-0.25, -0.2) is 9.59 Å². The quantitative estimate of drug-likeness (QED) is 0.792. The highest BCUT2D eigenvalue weighted by molar-refractivity contribution is 5.79. The molecule has 1 amide bonds. The number of aliphatic carboxylic acids is 1. The first-order chi connectivity index (χ1) is 8.22. The van der Waals surface area contributed by atoms with Crippen molar-refractivity contribution in [3.8, 4) is 0 Å². The van der Waals surface area contributed by atoms with Crippen LogP contribution in [0.2, 0.25) is 0 Å². The highest BCUT2D eigenvalue weighted by Gasteiger charge is 2.62. The smallest absolute Gasteiger partial charge is 0.407 e. The van der Waals surface area contributed by atoms with Crippen molar-refractivity contribution < 1.29 is 24.2 Å². The van der Waals surface area contributed by atoms with Gasteiger partial charge in [0.05, 0.1) is 6.10 Å². The summed E-state index contributed by atoms with van der Waals surface area (Å²) in [7, 11) is 0. The number of carbonyl (C=O) groups is 2. The van der Waals surface area contributed by atoms with E-state index in [1.807, 2.05) is 0 Å². The summed E-state index contributed by atoms with van der Waals surface area (Å²) < 4.78 is 10.6. The van der Waals surface area contributed by atoms with Gasteiger partial charge in [-0.1, -0.05) is 0 Å². The Hall–Kier alpha value is -1.30. The second-order valence-corrected chi connectivity index (χ2v) is 6.01. The van der Waals surface area contributed by atoms with Crippen LogP contribution in [0.1, 0.15) is 33.6 Å². The number of fused-ring (bicyclic) bond motifs is 1. The fourth-order valence-corrected chi connectivity index (χ4v) is 2.46. The minimum atomic E-state index is -0.995. The summed E-state index contributed by atoms with van der Waals surface area (Å²) in [5, 5.41) is 11.6. The van der Waals surface area contributed by atoms with E-state index in [9.17, 15) is 9.59 Å². The minimum Gasteiger partial charge on any atom is -0.479 e. The molecule has 0 radical (unpaired) electrons. The van der Waals surface area contributed by atoms with Gasteiger partial charge in [0.1, 0.15) is 5.60 Å². The molecule has 3 aliphatic rings. The Bertz CT molecular complexity index is 367. The van der Waals surface area contributed by atoms with E-state index in [4.69, 9.17) is 14.6 Å². The van der Waals surface area contributed by atoms with Gasteiger partial charge in [-0.2, -0.15) is 0 Å². The van der Waals surface area contributed by atoms with Gasteiger partial charge >= 0.3 is 12.1 Å². The molecule has 2 heterocycles. The number of carboxylic acid groups (broad SMARTS) is 1. The van der Waals surface area contributed by atoms with E-state index < -0.39 is 23.3 Å². The molecule has 1 unspecified atom stereocenters. The fourth-order valence-electron chi connectivity index (χ4n) is 2.46. The van der Waals surface area contributed by atoms with E-state index in [1.165, 1.54) is 0 Å². The average Bonchev–Trinajstić information content (AvgIpc) is 2.65. The number of alkyl carbamates (subject to hydrolysis) is 1. The highest BCUT2D eigenvalue weighted by atomic mass is 16.6. The third-order valence-corrected chi connectivity index (χ3v) is 3.32. The molecule has 0 aromatic rings. The molecule has 0 aromatic carbocycles. The third-order valence-electron chi connectivity index (χ3n) is 3.32. The number of carbonyl (C=O) groups excluding carboxylic acids is 1. The summed E-state index contributed by atoms with van der Waals surface area (Å²) in [5.74, 6) is -0.672. The van der Waals surface area contributed by atoms with Gasteiger partial charge in [0.2, 0.25) is 0 Å². The Labute approximate surface area is 106 Å². The number of carboxylic acids is 1. The third kappa shape index (κ3) is 2.43. The lowest BCUT2D eigenvalue weighted by Crippen LogP contribution is -2.44. The lowest BCUT2D eigenvalue weighted by Gasteiger charge is -2.30. The zero-order chi connectivity index (χ0) is 13.6. The monoisotopic (exact) mass is 257 g/mol. The van der Waals surface area contributed by atoms with Crippen LogP contribution in [0, 0.1) is 5.92 Å². The van der Waals surface area contributed by atoms with Crippen molar-refractivity contribution in [3.63, 3.8) is 0 Å². The molecular weight excluding hydrogens is 238 g/mol. The van der Waals surface area contributed by atoms with Crippen LogP contribution in [0.5, 0.6) is 0 Å². The fraction of sp³-hybridized carbons (Fsp3) is 0.833. The van der Waals surface area contributed by atoms with E-state index in [-0.39, 0.29) is 12.0 Å². The number of amides is 1. The first-order valence-corrected chi connectivity index (χ1v) is 6.10. The van der Waals surface area contributed by atoms with Crippen LogP contribution in [0.15, 0.2) is 0 Å². The standard InChI is InChI=1S/C12H19NO5/c1-11(2,3)18-10(16)13-6-8-7-4-12(5-7,17-8)9(14)15/h7-8H,4-6H2,1-3H3,(H,13,16)(H,14,15). The first-order valence-electron chi connectivity index (χ1n) is 6.10. The van der Waals surface area contributed by atoms with Gasteiger partial charge in [-0.3, -0.25) is 0 Å². The Balaban J connectivity index is 1.77. The summed E-state index contributed by atoms with van der Waals surface area (Å²) in [6.45, 7) is 5.66. The number of hydrogen-bond acceptors (Lipinski definition) is 4. The average molecular weight is 257 g/mol. The zero-order valence-electron chi connectivity index (χ0n) is 10.9. The molecule has 1 saturated carbocycles. The van der Waals surface area contributed by atoms with Crippen LogP contribution in [-0.2, 0) is 14.3 Å². The van der Waals surface area contributed by atoms with Crippen molar-refractivity contribution in [3.05, 3.63) is 0 Å². The van der Waals surface area contributed by atoms with Gasteiger partial charge < -0.3 is 19.9 Å². The zero-order valence-corrected chi connectivity index (χ0v) is 10.9. The summed E-state index contributed by atoms with van der Waals surface area (Å²) in [6, 6.07) is 0. The van der Waals surface area contributed by atoms with Crippen molar-refractivity contribution in [1.82, 2.24) is 5.32 Å². The van der Waals surface area contributed by atoms with Crippen LogP contribution in [0.4, 0.5) is 4.79 Å². The molecule has 0 spiro atoms. The predicted molar refractivity (Wildman–Crippen MR) is 62.2 cm³/mol. The largest absolute Gasteiger partial charge is 0.479 e. The van der Waals surface area contributed by atoms with Crippen molar-refractivity contribution >= 4 is 12.1 Å².